The molecule has 18 heavy (non-hydrogen) atoms. The van der Waals surface area contributed by atoms with E-state index in [0.29, 0.717) is 5.56 Å². The normalized spacial score (nSPS) is 13.5. The maximum absolute atomic E-state index is 11.8. The Balaban J connectivity index is 2.89. The number of carbonyl (C=O) groups is 2. The minimum atomic E-state index is -0.815. The van der Waals surface area contributed by atoms with Crippen molar-refractivity contribution in [1.82, 2.24) is 5.32 Å². The second-order valence-corrected chi connectivity index (χ2v) is 3.89. The Hall–Kier alpha value is -1.88. The van der Waals surface area contributed by atoms with E-state index in [1.54, 1.807) is 38.1 Å². The average Bonchev–Trinajstić information content (AvgIpc) is 2.36. The van der Waals surface area contributed by atoms with Crippen LogP contribution >= 0.6 is 0 Å². The van der Waals surface area contributed by atoms with Gasteiger partial charge < -0.3 is 15.8 Å². The second kappa shape index (κ2) is 6.76. The van der Waals surface area contributed by atoms with Crippen LogP contribution in [0.4, 0.5) is 0 Å². The van der Waals surface area contributed by atoms with Crippen LogP contribution in [0.15, 0.2) is 30.3 Å². The first-order valence-electron chi connectivity index (χ1n) is 5.83. The minimum absolute atomic E-state index is 0.260. The fourth-order valence-corrected chi connectivity index (χ4v) is 1.42. The summed E-state index contributed by atoms with van der Waals surface area (Å²) in [5, 5.41) is 2.58. The van der Waals surface area contributed by atoms with Crippen LogP contribution in [0.3, 0.4) is 0 Å². The molecule has 0 saturated carbocycles. The standard InChI is InChI=1S/C13H18N2O3/c1-3-18-13(17)11(15-12(16)9(2)14)10-7-5-4-6-8-10/h4-9,11H,3,14H2,1-2H3,(H,15,16)/t9-,11+/m0/s1. The Bertz CT molecular complexity index is 404. The number of amides is 1. The molecule has 0 aliphatic carbocycles. The van der Waals surface area contributed by atoms with Crippen molar-refractivity contribution in [2.75, 3.05) is 6.61 Å². The fraction of sp³-hybridized carbons (Fsp3) is 0.385. The Labute approximate surface area is 106 Å². The van der Waals surface area contributed by atoms with E-state index >= 15 is 0 Å². The van der Waals surface area contributed by atoms with E-state index in [4.69, 9.17) is 10.5 Å². The third-order valence-electron chi connectivity index (χ3n) is 2.36. The smallest absolute Gasteiger partial charge is 0.333 e. The topological polar surface area (TPSA) is 81.4 Å². The van der Waals surface area contributed by atoms with Gasteiger partial charge in [0.1, 0.15) is 0 Å². The number of carbonyl (C=O) groups excluding carboxylic acids is 2. The lowest BCUT2D eigenvalue weighted by atomic mass is 10.1. The zero-order chi connectivity index (χ0) is 13.5. The van der Waals surface area contributed by atoms with Crippen LogP contribution in [0.5, 0.6) is 0 Å². The quantitative estimate of drug-likeness (QED) is 0.756. The van der Waals surface area contributed by atoms with Gasteiger partial charge in [-0.15, -0.1) is 0 Å². The number of hydrogen-bond donors (Lipinski definition) is 2. The number of hydrogen-bond acceptors (Lipinski definition) is 4. The molecule has 0 spiro atoms. The van der Waals surface area contributed by atoms with Gasteiger partial charge in [0.05, 0.1) is 12.6 Å². The van der Waals surface area contributed by atoms with Gasteiger partial charge in [-0.25, -0.2) is 4.79 Å². The number of ether oxygens (including phenoxy) is 1. The monoisotopic (exact) mass is 250 g/mol. The molecule has 1 amide bonds. The molecule has 5 nitrogen and oxygen atoms in total. The van der Waals surface area contributed by atoms with Gasteiger partial charge in [-0.1, -0.05) is 30.3 Å². The Morgan fingerprint density at radius 1 is 1.33 bits per heavy atom. The van der Waals surface area contributed by atoms with E-state index in [0.717, 1.165) is 0 Å². The van der Waals surface area contributed by atoms with Crippen molar-refractivity contribution in [2.45, 2.75) is 25.9 Å². The molecule has 5 heteroatoms. The van der Waals surface area contributed by atoms with Crippen molar-refractivity contribution in [1.29, 1.82) is 0 Å². The maximum Gasteiger partial charge on any atom is 0.333 e. The van der Waals surface area contributed by atoms with Gasteiger partial charge in [0.15, 0.2) is 6.04 Å². The lowest BCUT2D eigenvalue weighted by molar-refractivity contribution is -0.147. The first-order chi connectivity index (χ1) is 8.56. The van der Waals surface area contributed by atoms with Gasteiger partial charge in [0, 0.05) is 0 Å². The van der Waals surface area contributed by atoms with Crippen LogP contribution in [-0.2, 0) is 14.3 Å². The van der Waals surface area contributed by atoms with E-state index in [-0.39, 0.29) is 6.61 Å². The van der Waals surface area contributed by atoms with Gasteiger partial charge >= 0.3 is 5.97 Å². The summed E-state index contributed by atoms with van der Waals surface area (Å²) >= 11 is 0. The highest BCUT2D eigenvalue weighted by Crippen LogP contribution is 2.14. The summed E-state index contributed by atoms with van der Waals surface area (Å²) in [4.78, 5) is 23.4. The lowest BCUT2D eigenvalue weighted by Gasteiger charge is -2.18. The highest BCUT2D eigenvalue weighted by atomic mass is 16.5. The highest BCUT2D eigenvalue weighted by Gasteiger charge is 2.24. The molecule has 98 valence electrons. The number of rotatable bonds is 5. The summed E-state index contributed by atoms with van der Waals surface area (Å²) in [6.07, 6.45) is 0. The van der Waals surface area contributed by atoms with E-state index in [2.05, 4.69) is 5.32 Å². The van der Waals surface area contributed by atoms with Crippen LogP contribution < -0.4 is 11.1 Å². The highest BCUT2D eigenvalue weighted by molar-refractivity contribution is 5.87. The first kappa shape index (κ1) is 14.2. The number of esters is 1. The van der Waals surface area contributed by atoms with Crippen molar-refractivity contribution in [3.8, 4) is 0 Å². The third-order valence-corrected chi connectivity index (χ3v) is 2.36. The third kappa shape index (κ3) is 3.85. The van der Waals surface area contributed by atoms with Crippen LogP contribution in [0.2, 0.25) is 0 Å². The molecule has 0 aromatic heterocycles. The molecule has 0 radical (unpaired) electrons. The summed E-state index contributed by atoms with van der Waals surface area (Å²) in [6.45, 7) is 3.53. The van der Waals surface area contributed by atoms with Crippen molar-refractivity contribution in [3.05, 3.63) is 35.9 Å². The molecule has 2 atom stereocenters. The van der Waals surface area contributed by atoms with Gasteiger partial charge in [-0.05, 0) is 19.4 Å². The first-order valence-corrected chi connectivity index (χ1v) is 5.83. The summed E-state index contributed by atoms with van der Waals surface area (Å²) < 4.78 is 4.94. The van der Waals surface area contributed by atoms with Crippen molar-refractivity contribution < 1.29 is 14.3 Å². The van der Waals surface area contributed by atoms with Crippen LogP contribution in [0, 0.1) is 0 Å². The molecule has 0 heterocycles. The van der Waals surface area contributed by atoms with Crippen LogP contribution in [-0.4, -0.2) is 24.5 Å². The SMILES string of the molecule is CCOC(=O)[C@H](NC(=O)[C@H](C)N)c1ccccc1. The molecule has 0 saturated heterocycles. The molecule has 0 bridgehead atoms. The van der Waals surface area contributed by atoms with Gasteiger partial charge in [-0.2, -0.15) is 0 Å². The molecule has 3 N–H and O–H groups in total. The molecule has 0 unspecified atom stereocenters. The predicted molar refractivity (Wildman–Crippen MR) is 67.6 cm³/mol. The summed E-state index contributed by atoms with van der Waals surface area (Å²) in [6, 6.07) is 7.43. The molecule has 0 fully saturated rings. The average molecular weight is 250 g/mol. The van der Waals surface area contributed by atoms with E-state index < -0.39 is 24.0 Å². The summed E-state index contributed by atoms with van der Waals surface area (Å²) in [7, 11) is 0. The van der Waals surface area contributed by atoms with Crippen LogP contribution in [0.1, 0.15) is 25.5 Å². The molecule has 1 rings (SSSR count). The summed E-state index contributed by atoms with van der Waals surface area (Å²) in [5.41, 5.74) is 6.14. The van der Waals surface area contributed by atoms with Crippen molar-refractivity contribution >= 4 is 11.9 Å². The summed E-state index contributed by atoms with van der Waals surface area (Å²) in [5.74, 6) is -0.880. The lowest BCUT2D eigenvalue weighted by Crippen LogP contribution is -2.43. The van der Waals surface area contributed by atoms with Crippen molar-refractivity contribution in [3.63, 3.8) is 0 Å². The Morgan fingerprint density at radius 2 is 1.94 bits per heavy atom. The Kier molecular flexibility index (Phi) is 5.32. The molecular formula is C13H18N2O3. The predicted octanol–water partition coefficient (Wildman–Crippen LogP) is 0.754. The van der Waals surface area contributed by atoms with Crippen molar-refractivity contribution in [2.24, 2.45) is 5.73 Å². The van der Waals surface area contributed by atoms with E-state index in [9.17, 15) is 9.59 Å². The van der Waals surface area contributed by atoms with Gasteiger partial charge in [0.25, 0.3) is 0 Å². The van der Waals surface area contributed by atoms with Crippen LogP contribution in [0.25, 0.3) is 0 Å². The zero-order valence-electron chi connectivity index (χ0n) is 10.6. The largest absolute Gasteiger partial charge is 0.464 e. The van der Waals surface area contributed by atoms with E-state index in [1.165, 1.54) is 0 Å². The molecule has 0 aliphatic rings. The molecule has 1 aromatic carbocycles. The molecule has 1 aromatic rings. The van der Waals surface area contributed by atoms with Gasteiger partial charge in [0.2, 0.25) is 5.91 Å². The zero-order valence-corrected chi connectivity index (χ0v) is 10.6. The fourth-order valence-electron chi connectivity index (χ4n) is 1.42. The maximum atomic E-state index is 11.8. The molecular weight excluding hydrogens is 232 g/mol. The minimum Gasteiger partial charge on any atom is -0.464 e. The number of benzene rings is 1. The van der Waals surface area contributed by atoms with E-state index in [1.807, 2.05) is 6.07 Å². The Morgan fingerprint density at radius 3 is 2.44 bits per heavy atom. The molecule has 0 aliphatic heterocycles. The van der Waals surface area contributed by atoms with Gasteiger partial charge in [-0.3, -0.25) is 4.79 Å². The number of nitrogens with two attached hydrogens (primary N) is 1. The second-order valence-electron chi connectivity index (χ2n) is 3.89. The number of nitrogens with one attached hydrogen (secondary N) is 1.